The lowest BCUT2D eigenvalue weighted by Gasteiger charge is -2.29. The standard InChI is InChI=1S/C37H58O2S2/c1-34(2,3)26-18-24(32(38)28(20-26)36(7,8)9)22-40-30-16-14-13-15-17-31(30)41-23-25-19-27(35(4,5)6)21-29(33(25)39)37(10,11)12/h18-21,30-31,38-39H,13-17,22-23H2,1-12H3. The Morgan fingerprint density at radius 1 is 0.537 bits per heavy atom. The third-order valence-electron chi connectivity index (χ3n) is 8.52. The van der Waals surface area contributed by atoms with E-state index in [-0.39, 0.29) is 21.7 Å². The number of phenolic OH excluding ortho intramolecular Hbond substituents is 2. The molecule has 2 atom stereocenters. The van der Waals surface area contributed by atoms with E-state index in [9.17, 15) is 10.2 Å². The van der Waals surface area contributed by atoms with Crippen LogP contribution in [-0.2, 0) is 33.2 Å². The van der Waals surface area contributed by atoms with Gasteiger partial charge in [-0.3, -0.25) is 0 Å². The van der Waals surface area contributed by atoms with E-state index in [0.29, 0.717) is 22.0 Å². The summed E-state index contributed by atoms with van der Waals surface area (Å²) < 4.78 is 0. The Labute approximate surface area is 260 Å². The van der Waals surface area contributed by atoms with Gasteiger partial charge in [-0.15, -0.1) is 0 Å². The average Bonchev–Trinajstić information content (AvgIpc) is 3.04. The first kappa shape index (κ1) is 34.2. The Balaban J connectivity index is 1.87. The quantitative estimate of drug-likeness (QED) is 0.325. The zero-order chi connectivity index (χ0) is 31.0. The molecule has 0 aromatic heterocycles. The zero-order valence-corrected chi connectivity index (χ0v) is 29.8. The highest BCUT2D eigenvalue weighted by Crippen LogP contribution is 2.44. The van der Waals surface area contributed by atoms with Crippen molar-refractivity contribution in [3.8, 4) is 11.5 Å². The van der Waals surface area contributed by atoms with Gasteiger partial charge in [-0.25, -0.2) is 0 Å². The number of hydrogen-bond donors (Lipinski definition) is 2. The molecule has 1 aliphatic rings. The highest BCUT2D eigenvalue weighted by Gasteiger charge is 2.30. The molecule has 1 aliphatic carbocycles. The van der Waals surface area contributed by atoms with Crippen molar-refractivity contribution in [2.24, 2.45) is 0 Å². The molecule has 1 fully saturated rings. The molecule has 2 unspecified atom stereocenters. The van der Waals surface area contributed by atoms with E-state index in [4.69, 9.17) is 0 Å². The summed E-state index contributed by atoms with van der Waals surface area (Å²) in [5, 5.41) is 23.8. The minimum absolute atomic E-state index is 0.0311. The van der Waals surface area contributed by atoms with E-state index in [1.165, 1.54) is 43.2 Å². The Hall–Kier alpha value is -1.26. The van der Waals surface area contributed by atoms with Gasteiger partial charge in [-0.05, 0) is 56.8 Å². The van der Waals surface area contributed by atoms with E-state index in [2.05, 4.69) is 107 Å². The summed E-state index contributed by atoms with van der Waals surface area (Å²) >= 11 is 4.07. The Morgan fingerprint density at radius 2 is 0.878 bits per heavy atom. The molecule has 2 aromatic rings. The van der Waals surface area contributed by atoms with Gasteiger partial charge in [0.1, 0.15) is 11.5 Å². The van der Waals surface area contributed by atoms with Crippen molar-refractivity contribution in [1.82, 2.24) is 0 Å². The van der Waals surface area contributed by atoms with Crippen molar-refractivity contribution in [2.45, 2.75) is 159 Å². The molecule has 2 nitrogen and oxygen atoms in total. The first-order valence-electron chi connectivity index (χ1n) is 15.7. The van der Waals surface area contributed by atoms with E-state index in [0.717, 1.165) is 33.8 Å². The molecule has 2 aromatic carbocycles. The van der Waals surface area contributed by atoms with Crippen molar-refractivity contribution in [1.29, 1.82) is 0 Å². The highest BCUT2D eigenvalue weighted by molar-refractivity contribution is 8.03. The van der Waals surface area contributed by atoms with Crippen molar-refractivity contribution in [3.63, 3.8) is 0 Å². The van der Waals surface area contributed by atoms with Crippen LogP contribution in [-0.4, -0.2) is 20.7 Å². The lowest BCUT2D eigenvalue weighted by Crippen LogP contribution is -2.20. The maximum absolute atomic E-state index is 11.4. The summed E-state index contributed by atoms with van der Waals surface area (Å²) in [5.74, 6) is 2.63. The zero-order valence-electron chi connectivity index (χ0n) is 28.1. The minimum atomic E-state index is -0.110. The first-order chi connectivity index (χ1) is 18.7. The van der Waals surface area contributed by atoms with Gasteiger partial charge in [0.2, 0.25) is 0 Å². The predicted octanol–water partition coefficient (Wildman–Crippen LogP) is 11.2. The smallest absolute Gasteiger partial charge is 0.123 e. The average molecular weight is 599 g/mol. The second-order valence-corrected chi connectivity index (χ2v) is 18.9. The molecule has 0 bridgehead atoms. The maximum Gasteiger partial charge on any atom is 0.123 e. The molecule has 3 rings (SSSR count). The van der Waals surface area contributed by atoms with Gasteiger partial charge in [0, 0.05) is 33.1 Å². The second kappa shape index (κ2) is 12.8. The number of benzene rings is 2. The SMILES string of the molecule is CC(C)(C)c1cc(CSC2CCCCCC2SCc2cc(C(C)(C)C)cc(C(C)(C)C)c2O)c(O)c(C(C)(C)C)c1. The number of thioether (sulfide) groups is 2. The highest BCUT2D eigenvalue weighted by atomic mass is 32.2. The Bertz CT molecular complexity index is 1090. The van der Waals surface area contributed by atoms with Gasteiger partial charge >= 0.3 is 0 Å². The Kier molecular flexibility index (Phi) is 10.7. The summed E-state index contributed by atoms with van der Waals surface area (Å²) in [6.07, 6.45) is 6.28. The van der Waals surface area contributed by atoms with E-state index in [1.807, 2.05) is 23.5 Å². The van der Waals surface area contributed by atoms with Gasteiger partial charge < -0.3 is 10.2 Å². The largest absolute Gasteiger partial charge is 0.507 e. The van der Waals surface area contributed by atoms with E-state index < -0.39 is 0 Å². The molecule has 41 heavy (non-hydrogen) atoms. The monoisotopic (exact) mass is 598 g/mol. The van der Waals surface area contributed by atoms with Crippen LogP contribution in [0.4, 0.5) is 0 Å². The van der Waals surface area contributed by atoms with Crippen molar-refractivity contribution >= 4 is 23.5 Å². The molecular formula is C37H58O2S2. The van der Waals surface area contributed by atoms with Crippen LogP contribution in [0.3, 0.4) is 0 Å². The molecule has 2 N–H and O–H groups in total. The minimum Gasteiger partial charge on any atom is -0.507 e. The van der Waals surface area contributed by atoms with Crippen LogP contribution in [0.2, 0.25) is 0 Å². The van der Waals surface area contributed by atoms with Gasteiger partial charge in [-0.2, -0.15) is 23.5 Å². The third-order valence-corrected chi connectivity index (χ3v) is 11.6. The van der Waals surface area contributed by atoms with Crippen LogP contribution in [0.15, 0.2) is 24.3 Å². The molecule has 0 spiro atoms. The number of aromatic hydroxyl groups is 2. The van der Waals surface area contributed by atoms with E-state index >= 15 is 0 Å². The summed E-state index contributed by atoms with van der Waals surface area (Å²) in [6.45, 7) is 26.7. The second-order valence-electron chi connectivity index (χ2n) is 16.4. The molecule has 4 heteroatoms. The molecular weight excluding hydrogens is 541 g/mol. The molecule has 0 saturated heterocycles. The van der Waals surface area contributed by atoms with Gasteiger partial charge in [0.15, 0.2) is 0 Å². The fourth-order valence-electron chi connectivity index (χ4n) is 5.63. The number of rotatable bonds is 6. The van der Waals surface area contributed by atoms with Gasteiger partial charge in [0.05, 0.1) is 0 Å². The molecule has 230 valence electrons. The Morgan fingerprint density at radius 3 is 1.17 bits per heavy atom. The summed E-state index contributed by atoms with van der Waals surface area (Å²) in [7, 11) is 0. The van der Waals surface area contributed by atoms with Crippen molar-refractivity contribution in [3.05, 3.63) is 57.6 Å². The molecule has 0 amide bonds. The van der Waals surface area contributed by atoms with Crippen LogP contribution in [0, 0.1) is 0 Å². The maximum atomic E-state index is 11.4. The van der Waals surface area contributed by atoms with Crippen LogP contribution >= 0.6 is 23.5 Å². The van der Waals surface area contributed by atoms with E-state index in [1.54, 1.807) is 0 Å². The number of hydrogen-bond acceptors (Lipinski definition) is 4. The molecule has 0 aliphatic heterocycles. The lowest BCUT2D eigenvalue weighted by molar-refractivity contribution is 0.439. The summed E-state index contributed by atoms with van der Waals surface area (Å²) in [6, 6.07) is 8.94. The summed E-state index contributed by atoms with van der Waals surface area (Å²) in [5.41, 5.74) is 6.69. The first-order valence-corrected chi connectivity index (χ1v) is 17.8. The van der Waals surface area contributed by atoms with Crippen LogP contribution < -0.4 is 0 Å². The fourth-order valence-corrected chi connectivity index (χ4v) is 8.70. The predicted molar refractivity (Wildman–Crippen MR) is 184 cm³/mol. The van der Waals surface area contributed by atoms with Crippen molar-refractivity contribution in [2.75, 3.05) is 0 Å². The molecule has 1 saturated carbocycles. The van der Waals surface area contributed by atoms with Gasteiger partial charge in [0.25, 0.3) is 0 Å². The van der Waals surface area contributed by atoms with Crippen LogP contribution in [0.5, 0.6) is 11.5 Å². The molecule has 0 radical (unpaired) electrons. The normalized spacial score (nSPS) is 19.3. The third kappa shape index (κ3) is 8.88. The topological polar surface area (TPSA) is 40.5 Å². The fraction of sp³-hybridized carbons (Fsp3) is 0.676. The number of phenols is 2. The van der Waals surface area contributed by atoms with Gasteiger partial charge in [-0.1, -0.05) is 127 Å². The summed E-state index contributed by atoms with van der Waals surface area (Å²) in [4.78, 5) is 0. The van der Waals surface area contributed by atoms with Crippen LogP contribution in [0.1, 0.15) is 149 Å². The van der Waals surface area contributed by atoms with Crippen molar-refractivity contribution < 1.29 is 10.2 Å². The van der Waals surface area contributed by atoms with Crippen LogP contribution in [0.25, 0.3) is 0 Å². The molecule has 0 heterocycles. The lowest BCUT2D eigenvalue weighted by atomic mass is 9.79.